The van der Waals surface area contributed by atoms with E-state index in [9.17, 15) is 0 Å². The second-order valence-electron chi connectivity index (χ2n) is 3.72. The minimum absolute atomic E-state index is 0.0546. The summed E-state index contributed by atoms with van der Waals surface area (Å²) in [5, 5.41) is 0. The largest absolute Gasteiger partial charge is 0.344 e. The molecule has 4 unspecified atom stereocenters. The van der Waals surface area contributed by atoms with Gasteiger partial charge in [0, 0.05) is 13.2 Å². The number of hydrogen-bond acceptors (Lipinski definition) is 4. The first-order valence-electron chi connectivity index (χ1n) is 5.26. The van der Waals surface area contributed by atoms with E-state index in [4.69, 9.17) is 18.9 Å². The third-order valence-electron chi connectivity index (χ3n) is 2.86. The van der Waals surface area contributed by atoms with Crippen LogP contribution >= 0.6 is 0 Å². The van der Waals surface area contributed by atoms with Crippen LogP contribution in [0.15, 0.2) is 0 Å². The Hall–Kier alpha value is -0.160. The normalized spacial score (nSPS) is 50.6. The van der Waals surface area contributed by atoms with Crippen molar-refractivity contribution in [3.05, 3.63) is 0 Å². The molecule has 0 saturated carbocycles. The first-order chi connectivity index (χ1) is 6.63. The first-order valence-corrected chi connectivity index (χ1v) is 5.26. The summed E-state index contributed by atoms with van der Waals surface area (Å²) in [5.74, 6) is -1.31. The molecule has 0 N–H and O–H groups in total. The van der Waals surface area contributed by atoms with Crippen LogP contribution in [0, 0.1) is 0 Å². The van der Waals surface area contributed by atoms with Crippen molar-refractivity contribution >= 4 is 0 Å². The van der Waals surface area contributed by atoms with E-state index in [2.05, 4.69) is 0 Å². The molecule has 0 aliphatic carbocycles. The van der Waals surface area contributed by atoms with Gasteiger partial charge in [0.1, 0.15) is 12.2 Å². The van der Waals surface area contributed by atoms with Crippen LogP contribution in [-0.4, -0.2) is 37.0 Å². The van der Waals surface area contributed by atoms with Crippen molar-refractivity contribution < 1.29 is 18.9 Å². The van der Waals surface area contributed by atoms with Gasteiger partial charge in [0.25, 0.3) is 11.6 Å². The summed E-state index contributed by atoms with van der Waals surface area (Å²) in [6.07, 6.45) is 0.109. The molecule has 0 radical (unpaired) electrons. The molecule has 2 fully saturated rings. The van der Waals surface area contributed by atoms with E-state index in [-0.39, 0.29) is 12.2 Å². The van der Waals surface area contributed by atoms with Crippen molar-refractivity contribution in [1.82, 2.24) is 0 Å². The SMILES string of the molecule is CCOC1(C2(OCC)OC2C)OC1C. The molecule has 2 aliphatic heterocycles. The summed E-state index contributed by atoms with van der Waals surface area (Å²) in [5.41, 5.74) is 0. The number of epoxide rings is 2. The Morgan fingerprint density at radius 2 is 1.21 bits per heavy atom. The lowest BCUT2D eigenvalue weighted by Gasteiger charge is -2.21. The molecule has 0 aromatic rings. The van der Waals surface area contributed by atoms with Crippen LogP contribution in [0.25, 0.3) is 0 Å². The molecule has 0 aromatic heterocycles. The van der Waals surface area contributed by atoms with Gasteiger partial charge in [-0.2, -0.15) is 0 Å². The minimum Gasteiger partial charge on any atom is -0.344 e. The van der Waals surface area contributed by atoms with Crippen molar-refractivity contribution in [2.45, 2.75) is 51.5 Å². The van der Waals surface area contributed by atoms with Crippen LogP contribution in [0.4, 0.5) is 0 Å². The zero-order valence-corrected chi connectivity index (χ0v) is 9.20. The van der Waals surface area contributed by atoms with Crippen LogP contribution < -0.4 is 0 Å². The Bertz CT molecular complexity index is 208. The predicted molar refractivity (Wildman–Crippen MR) is 49.8 cm³/mol. The minimum atomic E-state index is -0.656. The maximum Gasteiger partial charge on any atom is 0.254 e. The molecule has 4 nitrogen and oxygen atoms in total. The Kier molecular flexibility index (Phi) is 2.34. The molecule has 14 heavy (non-hydrogen) atoms. The molecule has 4 heteroatoms. The van der Waals surface area contributed by atoms with Gasteiger partial charge in [0.15, 0.2) is 0 Å². The number of ether oxygens (including phenoxy) is 4. The maximum absolute atomic E-state index is 5.63. The fourth-order valence-electron chi connectivity index (χ4n) is 2.12. The maximum atomic E-state index is 5.63. The van der Waals surface area contributed by atoms with Gasteiger partial charge in [-0.25, -0.2) is 0 Å². The summed E-state index contributed by atoms with van der Waals surface area (Å²) >= 11 is 0. The van der Waals surface area contributed by atoms with E-state index < -0.39 is 11.6 Å². The molecule has 82 valence electrons. The number of rotatable bonds is 5. The fraction of sp³-hybridized carbons (Fsp3) is 1.00. The van der Waals surface area contributed by atoms with Crippen molar-refractivity contribution in [2.75, 3.05) is 13.2 Å². The molecule has 0 amide bonds. The highest BCUT2D eigenvalue weighted by atomic mass is 16.9. The molecule has 0 spiro atoms. The van der Waals surface area contributed by atoms with Crippen LogP contribution in [0.1, 0.15) is 27.7 Å². The standard InChI is InChI=1S/C10H18O4/c1-5-11-9(7(3)13-9)10(12-6-2)8(4)14-10/h7-8H,5-6H2,1-4H3. The monoisotopic (exact) mass is 202 g/mol. The molecule has 0 bridgehead atoms. The van der Waals surface area contributed by atoms with Gasteiger partial charge in [-0.1, -0.05) is 0 Å². The van der Waals surface area contributed by atoms with E-state index in [1.807, 2.05) is 27.7 Å². The quantitative estimate of drug-likeness (QED) is 0.630. The first kappa shape index (κ1) is 10.4. The van der Waals surface area contributed by atoms with E-state index in [0.717, 1.165) is 0 Å². The van der Waals surface area contributed by atoms with Crippen molar-refractivity contribution in [3.63, 3.8) is 0 Å². The second kappa shape index (κ2) is 3.17. The van der Waals surface area contributed by atoms with Gasteiger partial charge in [0.05, 0.1) is 0 Å². The highest BCUT2D eigenvalue weighted by Crippen LogP contribution is 2.58. The molecule has 2 rings (SSSR count). The van der Waals surface area contributed by atoms with Crippen LogP contribution in [0.2, 0.25) is 0 Å². The summed E-state index contributed by atoms with van der Waals surface area (Å²) in [7, 11) is 0. The lowest BCUT2D eigenvalue weighted by Crippen LogP contribution is -2.42. The van der Waals surface area contributed by atoms with E-state index in [0.29, 0.717) is 13.2 Å². The van der Waals surface area contributed by atoms with E-state index in [1.54, 1.807) is 0 Å². The van der Waals surface area contributed by atoms with Gasteiger partial charge in [0.2, 0.25) is 0 Å². The second-order valence-corrected chi connectivity index (χ2v) is 3.72. The smallest absolute Gasteiger partial charge is 0.254 e. The zero-order valence-electron chi connectivity index (χ0n) is 9.20. The molecule has 0 aromatic carbocycles. The number of hydrogen-bond donors (Lipinski definition) is 0. The van der Waals surface area contributed by atoms with E-state index in [1.165, 1.54) is 0 Å². The third-order valence-corrected chi connectivity index (χ3v) is 2.86. The lowest BCUT2D eigenvalue weighted by atomic mass is 10.1. The summed E-state index contributed by atoms with van der Waals surface area (Å²) in [6, 6.07) is 0. The van der Waals surface area contributed by atoms with Gasteiger partial charge in [-0.05, 0) is 27.7 Å². The van der Waals surface area contributed by atoms with Gasteiger partial charge < -0.3 is 18.9 Å². The lowest BCUT2D eigenvalue weighted by molar-refractivity contribution is -0.195. The highest BCUT2D eigenvalue weighted by Gasteiger charge is 2.81. The highest BCUT2D eigenvalue weighted by molar-refractivity contribution is 5.14. The fourth-order valence-corrected chi connectivity index (χ4v) is 2.12. The predicted octanol–water partition coefficient (Wildman–Crippen LogP) is 1.29. The molecule has 2 heterocycles. The molecule has 2 saturated heterocycles. The van der Waals surface area contributed by atoms with Crippen molar-refractivity contribution in [3.8, 4) is 0 Å². The Morgan fingerprint density at radius 1 is 0.929 bits per heavy atom. The molecule has 4 atom stereocenters. The molecular formula is C10H18O4. The topological polar surface area (TPSA) is 43.5 Å². The zero-order chi connectivity index (χ0) is 10.4. The Labute approximate surface area is 84.5 Å². The van der Waals surface area contributed by atoms with Gasteiger partial charge in [-0.15, -0.1) is 0 Å². The van der Waals surface area contributed by atoms with Crippen LogP contribution in [0.3, 0.4) is 0 Å². The Balaban J connectivity index is 2.11. The Morgan fingerprint density at radius 3 is 1.36 bits per heavy atom. The van der Waals surface area contributed by atoms with Gasteiger partial charge in [-0.3, -0.25) is 0 Å². The summed E-state index contributed by atoms with van der Waals surface area (Å²) < 4.78 is 22.3. The van der Waals surface area contributed by atoms with Crippen molar-refractivity contribution in [2.24, 2.45) is 0 Å². The van der Waals surface area contributed by atoms with Gasteiger partial charge >= 0.3 is 0 Å². The average Bonchev–Trinajstić information content (AvgIpc) is 2.95. The third kappa shape index (κ3) is 1.15. The molecule has 2 aliphatic rings. The molecular weight excluding hydrogens is 184 g/mol. The van der Waals surface area contributed by atoms with E-state index >= 15 is 0 Å². The van der Waals surface area contributed by atoms with Crippen LogP contribution in [-0.2, 0) is 18.9 Å². The average molecular weight is 202 g/mol. The van der Waals surface area contributed by atoms with Crippen molar-refractivity contribution in [1.29, 1.82) is 0 Å². The summed E-state index contributed by atoms with van der Waals surface area (Å²) in [6.45, 7) is 9.06. The summed E-state index contributed by atoms with van der Waals surface area (Å²) in [4.78, 5) is 0. The van der Waals surface area contributed by atoms with Crippen LogP contribution in [0.5, 0.6) is 0 Å².